The average Bonchev–Trinajstić information content (AvgIpc) is 2.66. The van der Waals surface area contributed by atoms with E-state index in [1.54, 1.807) is 45.4 Å². The van der Waals surface area contributed by atoms with Crippen molar-refractivity contribution in [1.82, 2.24) is 4.72 Å². The quantitative estimate of drug-likeness (QED) is 0.714. The van der Waals surface area contributed by atoms with Crippen LogP contribution in [-0.4, -0.2) is 22.6 Å². The van der Waals surface area contributed by atoms with Crippen LogP contribution in [0.15, 0.2) is 65.6 Å². The van der Waals surface area contributed by atoms with Crippen molar-refractivity contribution in [2.45, 2.75) is 17.9 Å². The van der Waals surface area contributed by atoms with Gasteiger partial charge in [0.25, 0.3) is 0 Å². The molecule has 0 fully saturated rings. The molecule has 0 saturated carbocycles. The number of nitrogens with one attached hydrogen (secondary N) is 1. The van der Waals surface area contributed by atoms with E-state index in [1.807, 2.05) is 36.4 Å². The number of sulfonamides is 1. The summed E-state index contributed by atoms with van der Waals surface area (Å²) in [6.07, 6.45) is 0. The van der Waals surface area contributed by atoms with Gasteiger partial charge in [-0.2, -0.15) is 0 Å². The second kappa shape index (κ2) is 7.35. The fourth-order valence-corrected chi connectivity index (χ4v) is 4.09. The molecule has 0 aliphatic heterocycles. The number of fused-ring (bicyclic) bond motifs is 1. The van der Waals surface area contributed by atoms with Crippen molar-refractivity contribution in [3.63, 3.8) is 0 Å². The Bertz CT molecular complexity index is 1030. The Kier molecular flexibility index (Phi) is 5.15. The molecular formula is C20H21NO4S. The zero-order chi connectivity index (χ0) is 18.7. The van der Waals surface area contributed by atoms with Gasteiger partial charge in [0, 0.05) is 6.04 Å². The van der Waals surface area contributed by atoms with E-state index in [4.69, 9.17) is 9.47 Å². The standard InChI is InChI=1S/C20H21NO4S/c1-14(16-9-11-19(24-2)20(13-16)25-3)21-26(22,23)18-10-8-15-6-4-5-7-17(15)12-18/h4-14,21H,1-3H3. The van der Waals surface area contributed by atoms with Gasteiger partial charge >= 0.3 is 0 Å². The zero-order valence-corrected chi connectivity index (χ0v) is 15.7. The van der Waals surface area contributed by atoms with Gasteiger partial charge in [0.05, 0.1) is 19.1 Å². The van der Waals surface area contributed by atoms with E-state index < -0.39 is 16.1 Å². The molecular weight excluding hydrogens is 350 g/mol. The van der Waals surface area contributed by atoms with E-state index in [9.17, 15) is 8.42 Å². The molecule has 0 saturated heterocycles. The van der Waals surface area contributed by atoms with E-state index in [1.165, 1.54) is 0 Å². The average molecular weight is 371 g/mol. The topological polar surface area (TPSA) is 64.6 Å². The van der Waals surface area contributed by atoms with Crippen LogP contribution >= 0.6 is 0 Å². The Morgan fingerprint density at radius 1 is 0.846 bits per heavy atom. The minimum absolute atomic E-state index is 0.239. The molecule has 5 nitrogen and oxygen atoms in total. The molecule has 0 amide bonds. The zero-order valence-electron chi connectivity index (χ0n) is 14.9. The van der Waals surface area contributed by atoms with Crippen molar-refractivity contribution in [2.24, 2.45) is 0 Å². The molecule has 3 rings (SSSR count). The van der Waals surface area contributed by atoms with E-state index >= 15 is 0 Å². The number of hydrogen-bond donors (Lipinski definition) is 1. The van der Waals surface area contributed by atoms with Gasteiger partial charge in [-0.1, -0.05) is 36.4 Å². The van der Waals surface area contributed by atoms with Gasteiger partial charge in [0.2, 0.25) is 10.0 Å². The molecule has 26 heavy (non-hydrogen) atoms. The molecule has 136 valence electrons. The van der Waals surface area contributed by atoms with Gasteiger partial charge in [0.15, 0.2) is 11.5 Å². The van der Waals surface area contributed by atoms with E-state index in [-0.39, 0.29) is 4.90 Å². The van der Waals surface area contributed by atoms with Crippen molar-refractivity contribution in [1.29, 1.82) is 0 Å². The lowest BCUT2D eigenvalue weighted by Gasteiger charge is -2.17. The number of hydrogen-bond acceptors (Lipinski definition) is 4. The number of rotatable bonds is 6. The lowest BCUT2D eigenvalue weighted by molar-refractivity contribution is 0.354. The molecule has 0 aromatic heterocycles. The molecule has 0 heterocycles. The minimum atomic E-state index is -3.66. The van der Waals surface area contributed by atoms with Crippen LogP contribution in [0.4, 0.5) is 0 Å². The summed E-state index contributed by atoms with van der Waals surface area (Å²) in [4.78, 5) is 0.239. The normalized spacial score (nSPS) is 12.7. The first-order valence-electron chi connectivity index (χ1n) is 8.17. The van der Waals surface area contributed by atoms with Crippen LogP contribution in [0.25, 0.3) is 10.8 Å². The predicted molar refractivity (Wildman–Crippen MR) is 102 cm³/mol. The molecule has 0 radical (unpaired) electrons. The third kappa shape index (κ3) is 3.66. The first-order valence-corrected chi connectivity index (χ1v) is 9.66. The summed E-state index contributed by atoms with van der Waals surface area (Å²) in [5.41, 5.74) is 0.784. The molecule has 1 atom stereocenters. The van der Waals surface area contributed by atoms with E-state index in [2.05, 4.69) is 4.72 Å². The third-order valence-corrected chi connectivity index (χ3v) is 5.81. The minimum Gasteiger partial charge on any atom is -0.493 e. The molecule has 3 aromatic rings. The van der Waals surface area contributed by atoms with Gasteiger partial charge in [0.1, 0.15) is 0 Å². The summed E-state index contributed by atoms with van der Waals surface area (Å²) in [5.74, 6) is 1.16. The summed E-state index contributed by atoms with van der Waals surface area (Å²) in [7, 11) is -0.550. The van der Waals surface area contributed by atoms with Gasteiger partial charge in [-0.15, -0.1) is 0 Å². The summed E-state index contributed by atoms with van der Waals surface area (Å²) in [5, 5.41) is 1.88. The maximum atomic E-state index is 12.8. The van der Waals surface area contributed by atoms with Crippen molar-refractivity contribution in [2.75, 3.05) is 14.2 Å². The Morgan fingerprint density at radius 2 is 1.54 bits per heavy atom. The Balaban J connectivity index is 1.88. The fourth-order valence-electron chi connectivity index (χ4n) is 2.83. The molecule has 0 aliphatic carbocycles. The summed E-state index contributed by atoms with van der Waals surface area (Å²) in [6, 6.07) is 17.7. The molecule has 1 unspecified atom stereocenters. The van der Waals surface area contributed by atoms with Crippen molar-refractivity contribution < 1.29 is 17.9 Å². The van der Waals surface area contributed by atoms with Gasteiger partial charge < -0.3 is 9.47 Å². The maximum absolute atomic E-state index is 12.8. The highest BCUT2D eigenvalue weighted by molar-refractivity contribution is 7.89. The highest BCUT2D eigenvalue weighted by Gasteiger charge is 2.19. The van der Waals surface area contributed by atoms with Crippen LogP contribution in [0, 0.1) is 0 Å². The number of methoxy groups -OCH3 is 2. The third-order valence-electron chi connectivity index (χ3n) is 4.27. The summed E-state index contributed by atoms with van der Waals surface area (Å²) < 4.78 is 38.8. The number of ether oxygens (including phenoxy) is 2. The molecule has 0 bridgehead atoms. The molecule has 3 aromatic carbocycles. The lowest BCUT2D eigenvalue weighted by Crippen LogP contribution is -2.26. The van der Waals surface area contributed by atoms with E-state index in [0.29, 0.717) is 11.5 Å². The smallest absolute Gasteiger partial charge is 0.241 e. The van der Waals surface area contributed by atoms with Crippen LogP contribution < -0.4 is 14.2 Å². The van der Waals surface area contributed by atoms with Crippen LogP contribution in [0.5, 0.6) is 11.5 Å². The largest absolute Gasteiger partial charge is 0.493 e. The SMILES string of the molecule is COc1ccc(C(C)NS(=O)(=O)c2ccc3ccccc3c2)cc1OC. The molecule has 6 heteroatoms. The fraction of sp³-hybridized carbons (Fsp3) is 0.200. The monoisotopic (exact) mass is 371 g/mol. The van der Waals surface area contributed by atoms with Crippen molar-refractivity contribution in [3.8, 4) is 11.5 Å². The first kappa shape index (κ1) is 18.2. The predicted octanol–water partition coefficient (Wildman–Crippen LogP) is 3.90. The van der Waals surface area contributed by atoms with Crippen molar-refractivity contribution in [3.05, 3.63) is 66.2 Å². The van der Waals surface area contributed by atoms with Gasteiger partial charge in [-0.3, -0.25) is 0 Å². The van der Waals surface area contributed by atoms with Crippen LogP contribution in [0.1, 0.15) is 18.5 Å². The Hall–Kier alpha value is -2.57. The Morgan fingerprint density at radius 3 is 2.23 bits per heavy atom. The van der Waals surface area contributed by atoms with Gasteiger partial charge in [-0.25, -0.2) is 13.1 Å². The number of benzene rings is 3. The maximum Gasteiger partial charge on any atom is 0.241 e. The summed E-state index contributed by atoms with van der Waals surface area (Å²) >= 11 is 0. The van der Waals surface area contributed by atoms with Crippen LogP contribution in [0.2, 0.25) is 0 Å². The van der Waals surface area contributed by atoms with Crippen LogP contribution in [0.3, 0.4) is 0 Å². The highest BCUT2D eigenvalue weighted by atomic mass is 32.2. The second-order valence-corrected chi connectivity index (χ2v) is 7.68. The van der Waals surface area contributed by atoms with Crippen LogP contribution in [-0.2, 0) is 10.0 Å². The van der Waals surface area contributed by atoms with Gasteiger partial charge in [-0.05, 0) is 47.5 Å². The summed E-state index contributed by atoms with van der Waals surface area (Å²) in [6.45, 7) is 1.79. The molecule has 1 N–H and O–H groups in total. The molecule has 0 aliphatic rings. The lowest BCUT2D eigenvalue weighted by atomic mass is 10.1. The van der Waals surface area contributed by atoms with Crippen molar-refractivity contribution >= 4 is 20.8 Å². The van der Waals surface area contributed by atoms with E-state index in [0.717, 1.165) is 16.3 Å². The second-order valence-electron chi connectivity index (χ2n) is 5.97. The highest BCUT2D eigenvalue weighted by Crippen LogP contribution is 2.30. The Labute approximate surface area is 153 Å². The first-order chi connectivity index (χ1) is 12.4. The molecule has 0 spiro atoms.